The lowest BCUT2D eigenvalue weighted by molar-refractivity contribution is -0.121. The second-order valence-electron chi connectivity index (χ2n) is 4.32. The summed E-state index contributed by atoms with van der Waals surface area (Å²) in [6.45, 7) is 7.85. The maximum absolute atomic E-state index is 11.2. The zero-order chi connectivity index (χ0) is 10.4. The van der Waals surface area contributed by atoms with Gasteiger partial charge in [0.25, 0.3) is 0 Å². The third kappa shape index (κ3) is 3.79. The van der Waals surface area contributed by atoms with E-state index in [0.29, 0.717) is 11.7 Å². The molecule has 0 spiro atoms. The molecule has 1 unspecified atom stereocenters. The first kappa shape index (κ1) is 11.7. The Balaban J connectivity index is 2.19. The molecule has 0 saturated heterocycles. The first-order chi connectivity index (χ1) is 6.76. The van der Waals surface area contributed by atoms with Crippen molar-refractivity contribution in [2.75, 3.05) is 19.6 Å². The monoisotopic (exact) mass is 197 g/mol. The van der Waals surface area contributed by atoms with Crippen LogP contribution >= 0.6 is 0 Å². The van der Waals surface area contributed by atoms with Crippen molar-refractivity contribution in [2.45, 2.75) is 46.0 Å². The van der Waals surface area contributed by atoms with Gasteiger partial charge in [-0.05, 0) is 44.8 Å². The Morgan fingerprint density at radius 3 is 2.64 bits per heavy atom. The average molecular weight is 197 g/mol. The van der Waals surface area contributed by atoms with E-state index in [0.717, 1.165) is 32.4 Å². The summed E-state index contributed by atoms with van der Waals surface area (Å²) < 4.78 is 0. The van der Waals surface area contributed by atoms with Crippen LogP contribution in [0.2, 0.25) is 0 Å². The number of hydrogen-bond donors (Lipinski definition) is 0. The third-order valence-corrected chi connectivity index (χ3v) is 3.33. The molecule has 1 fully saturated rings. The van der Waals surface area contributed by atoms with E-state index in [9.17, 15) is 4.79 Å². The summed E-state index contributed by atoms with van der Waals surface area (Å²) >= 11 is 0. The number of Topliss-reactive ketones (excluding diaryl/α,β-unsaturated/α-hetero) is 1. The standard InChI is InChI=1S/C12H23NO/c1-3-13(4-2)9-8-11-6-5-7-12(14)10-11/h11H,3-10H2,1-2H3. The van der Waals surface area contributed by atoms with Gasteiger partial charge in [-0.2, -0.15) is 0 Å². The van der Waals surface area contributed by atoms with Crippen LogP contribution in [0.3, 0.4) is 0 Å². The highest BCUT2D eigenvalue weighted by Gasteiger charge is 2.19. The van der Waals surface area contributed by atoms with Gasteiger partial charge in [0.2, 0.25) is 0 Å². The molecule has 0 heterocycles. The van der Waals surface area contributed by atoms with Gasteiger partial charge >= 0.3 is 0 Å². The Hall–Kier alpha value is -0.370. The fourth-order valence-electron chi connectivity index (χ4n) is 2.27. The van der Waals surface area contributed by atoms with Crippen molar-refractivity contribution in [3.8, 4) is 0 Å². The van der Waals surface area contributed by atoms with Gasteiger partial charge in [0.15, 0.2) is 0 Å². The van der Waals surface area contributed by atoms with Gasteiger partial charge in [0.1, 0.15) is 5.78 Å². The largest absolute Gasteiger partial charge is 0.304 e. The average Bonchev–Trinajstić information content (AvgIpc) is 2.19. The molecule has 0 aromatic carbocycles. The van der Waals surface area contributed by atoms with Crippen molar-refractivity contribution in [3.63, 3.8) is 0 Å². The summed E-state index contributed by atoms with van der Waals surface area (Å²) in [7, 11) is 0. The first-order valence-corrected chi connectivity index (χ1v) is 6.00. The van der Waals surface area contributed by atoms with Crippen LogP contribution in [-0.2, 0) is 4.79 Å². The lowest BCUT2D eigenvalue weighted by Gasteiger charge is -2.24. The minimum atomic E-state index is 0.487. The molecule has 14 heavy (non-hydrogen) atoms. The molecular formula is C12H23NO. The smallest absolute Gasteiger partial charge is 0.133 e. The predicted molar refractivity (Wildman–Crippen MR) is 59.4 cm³/mol. The third-order valence-electron chi connectivity index (χ3n) is 3.33. The number of nitrogens with zero attached hydrogens (tertiary/aromatic N) is 1. The molecule has 0 aromatic rings. The van der Waals surface area contributed by atoms with Gasteiger partial charge in [-0.1, -0.05) is 13.8 Å². The minimum absolute atomic E-state index is 0.487. The fourth-order valence-corrected chi connectivity index (χ4v) is 2.27. The van der Waals surface area contributed by atoms with E-state index >= 15 is 0 Å². The van der Waals surface area contributed by atoms with Crippen LogP contribution in [0.15, 0.2) is 0 Å². The molecule has 0 bridgehead atoms. The van der Waals surface area contributed by atoms with E-state index in [-0.39, 0.29) is 0 Å². The van der Waals surface area contributed by atoms with Crippen LogP contribution in [0.4, 0.5) is 0 Å². The first-order valence-electron chi connectivity index (χ1n) is 6.00. The Kier molecular flexibility index (Phi) is 5.16. The molecule has 2 nitrogen and oxygen atoms in total. The van der Waals surface area contributed by atoms with Crippen molar-refractivity contribution < 1.29 is 4.79 Å². The maximum Gasteiger partial charge on any atom is 0.133 e. The summed E-state index contributed by atoms with van der Waals surface area (Å²) in [6.07, 6.45) is 5.30. The quantitative estimate of drug-likeness (QED) is 0.675. The second-order valence-corrected chi connectivity index (χ2v) is 4.32. The summed E-state index contributed by atoms with van der Waals surface area (Å²) in [6, 6.07) is 0. The number of rotatable bonds is 5. The van der Waals surface area contributed by atoms with E-state index in [1.54, 1.807) is 0 Å². The number of ketones is 1. The van der Waals surface area contributed by atoms with E-state index in [4.69, 9.17) is 0 Å². The Bertz CT molecular complexity index is 175. The van der Waals surface area contributed by atoms with E-state index in [1.165, 1.54) is 19.4 Å². The number of hydrogen-bond acceptors (Lipinski definition) is 2. The summed E-state index contributed by atoms with van der Waals surface area (Å²) in [4.78, 5) is 13.7. The molecule has 0 aliphatic heterocycles. The molecule has 1 saturated carbocycles. The predicted octanol–water partition coefficient (Wildman–Crippen LogP) is 2.48. The van der Waals surface area contributed by atoms with Crippen molar-refractivity contribution in [1.29, 1.82) is 0 Å². The number of carbonyl (C=O) groups excluding carboxylic acids is 1. The number of carbonyl (C=O) groups is 1. The zero-order valence-corrected chi connectivity index (χ0v) is 9.59. The van der Waals surface area contributed by atoms with Crippen LogP contribution in [-0.4, -0.2) is 30.3 Å². The highest BCUT2D eigenvalue weighted by atomic mass is 16.1. The topological polar surface area (TPSA) is 20.3 Å². The Morgan fingerprint density at radius 2 is 2.07 bits per heavy atom. The normalized spacial score (nSPS) is 23.1. The SMILES string of the molecule is CCN(CC)CCC1CCCC(=O)C1. The van der Waals surface area contributed by atoms with Crippen molar-refractivity contribution >= 4 is 5.78 Å². The van der Waals surface area contributed by atoms with Gasteiger partial charge in [-0.25, -0.2) is 0 Å². The molecule has 1 aliphatic carbocycles. The van der Waals surface area contributed by atoms with E-state index in [1.807, 2.05) is 0 Å². The van der Waals surface area contributed by atoms with Crippen LogP contribution in [0.1, 0.15) is 46.0 Å². The molecule has 0 N–H and O–H groups in total. The lowest BCUT2D eigenvalue weighted by atomic mass is 9.86. The van der Waals surface area contributed by atoms with Crippen LogP contribution in [0, 0.1) is 5.92 Å². The summed E-state index contributed by atoms with van der Waals surface area (Å²) in [5, 5.41) is 0. The maximum atomic E-state index is 11.2. The van der Waals surface area contributed by atoms with Crippen molar-refractivity contribution in [2.24, 2.45) is 5.92 Å². The molecule has 1 rings (SSSR count). The highest BCUT2D eigenvalue weighted by molar-refractivity contribution is 5.79. The second kappa shape index (κ2) is 6.18. The molecule has 1 aliphatic rings. The van der Waals surface area contributed by atoms with Gasteiger partial charge in [-0.3, -0.25) is 4.79 Å². The van der Waals surface area contributed by atoms with E-state index in [2.05, 4.69) is 18.7 Å². The van der Waals surface area contributed by atoms with Gasteiger partial charge < -0.3 is 4.90 Å². The molecule has 2 heteroatoms. The van der Waals surface area contributed by atoms with Crippen molar-refractivity contribution in [1.82, 2.24) is 4.90 Å². The molecular weight excluding hydrogens is 174 g/mol. The summed E-state index contributed by atoms with van der Waals surface area (Å²) in [5.41, 5.74) is 0. The van der Waals surface area contributed by atoms with Gasteiger partial charge in [0, 0.05) is 12.8 Å². The van der Waals surface area contributed by atoms with Gasteiger partial charge in [0.05, 0.1) is 0 Å². The van der Waals surface area contributed by atoms with Crippen LogP contribution in [0.5, 0.6) is 0 Å². The molecule has 1 atom stereocenters. The fraction of sp³-hybridized carbons (Fsp3) is 0.917. The Morgan fingerprint density at radius 1 is 1.36 bits per heavy atom. The molecule has 82 valence electrons. The van der Waals surface area contributed by atoms with E-state index < -0.39 is 0 Å². The lowest BCUT2D eigenvalue weighted by Crippen LogP contribution is -2.27. The molecule has 0 amide bonds. The summed E-state index contributed by atoms with van der Waals surface area (Å²) in [5.74, 6) is 1.16. The zero-order valence-electron chi connectivity index (χ0n) is 9.59. The molecule has 0 aromatic heterocycles. The van der Waals surface area contributed by atoms with Crippen LogP contribution in [0.25, 0.3) is 0 Å². The van der Waals surface area contributed by atoms with Crippen molar-refractivity contribution in [3.05, 3.63) is 0 Å². The molecule has 0 radical (unpaired) electrons. The highest BCUT2D eigenvalue weighted by Crippen LogP contribution is 2.24. The van der Waals surface area contributed by atoms with Crippen LogP contribution < -0.4 is 0 Å². The Labute approximate surface area is 87.7 Å². The van der Waals surface area contributed by atoms with Gasteiger partial charge in [-0.15, -0.1) is 0 Å². The minimum Gasteiger partial charge on any atom is -0.304 e.